The average molecular weight is 582 g/mol. The monoisotopic (exact) mass is 580 g/mol. The first-order valence-corrected chi connectivity index (χ1v) is 12.8. The van der Waals surface area contributed by atoms with Crippen molar-refractivity contribution in [3.8, 4) is 5.75 Å². The molecular weight excluding hydrogens is 543 g/mol. The number of nitrogens with zero attached hydrogens (tertiary/aromatic N) is 1. The molecule has 0 radical (unpaired) electrons. The van der Waals surface area contributed by atoms with Gasteiger partial charge < -0.3 is 20.7 Å². The SMILES string of the molecule is COc1cccc(C(=O)NC2CCN(Cc3ccc4ccc(CNC5CCNC5)cc4c3)CC2)c1.Cl.Cl.Cl. The van der Waals surface area contributed by atoms with E-state index < -0.39 is 0 Å². The Bertz CT molecular complexity index is 1170. The van der Waals surface area contributed by atoms with Gasteiger partial charge in [-0.25, -0.2) is 0 Å². The van der Waals surface area contributed by atoms with Crippen LogP contribution in [0.25, 0.3) is 10.8 Å². The molecule has 1 amide bonds. The van der Waals surface area contributed by atoms with E-state index in [0.717, 1.165) is 52.1 Å². The number of hydrogen-bond acceptors (Lipinski definition) is 5. The first-order chi connectivity index (χ1) is 17.2. The van der Waals surface area contributed by atoms with Gasteiger partial charge in [-0.05, 0) is 78.0 Å². The van der Waals surface area contributed by atoms with Crippen molar-refractivity contribution in [2.75, 3.05) is 33.3 Å². The van der Waals surface area contributed by atoms with Gasteiger partial charge in [0, 0.05) is 50.4 Å². The lowest BCUT2D eigenvalue weighted by atomic mass is 10.0. The zero-order valence-electron chi connectivity index (χ0n) is 21.8. The molecule has 38 heavy (non-hydrogen) atoms. The Morgan fingerprint density at radius 3 is 2.37 bits per heavy atom. The molecule has 3 aromatic rings. The number of nitrogens with one attached hydrogen (secondary N) is 3. The Morgan fingerprint density at radius 1 is 0.921 bits per heavy atom. The number of likely N-dealkylation sites (tertiary alicyclic amines) is 1. The van der Waals surface area contributed by atoms with Crippen LogP contribution in [-0.4, -0.2) is 56.2 Å². The summed E-state index contributed by atoms with van der Waals surface area (Å²) in [4.78, 5) is 15.1. The maximum Gasteiger partial charge on any atom is 0.251 e. The Balaban J connectivity index is 0.00000169. The van der Waals surface area contributed by atoms with Gasteiger partial charge in [-0.15, -0.1) is 37.2 Å². The van der Waals surface area contributed by atoms with Crippen LogP contribution < -0.4 is 20.7 Å². The van der Waals surface area contributed by atoms with Crippen LogP contribution in [0.2, 0.25) is 0 Å². The molecule has 2 aliphatic rings. The highest BCUT2D eigenvalue weighted by atomic mass is 35.5. The highest BCUT2D eigenvalue weighted by Gasteiger charge is 2.21. The third-order valence-corrected chi connectivity index (χ3v) is 7.29. The number of piperidine rings is 1. The fourth-order valence-electron chi connectivity index (χ4n) is 5.17. The van der Waals surface area contributed by atoms with Gasteiger partial charge in [0.25, 0.3) is 5.91 Å². The standard InChI is InChI=1S/C29H36N4O2.3ClH/c1-35-28-4-2-3-24(17-28)29(34)32-26-10-13-33(14-11-26)20-22-6-8-23-7-5-21(15-25(23)16-22)18-31-27-9-12-30-19-27;;;/h2-8,15-17,26-27,30-31H,9-14,18-20H2,1H3,(H,32,34);3*1H. The Kier molecular flexibility index (Phi) is 13.1. The number of rotatable bonds is 8. The van der Waals surface area contributed by atoms with Crippen LogP contribution in [0, 0.1) is 0 Å². The first-order valence-electron chi connectivity index (χ1n) is 12.8. The summed E-state index contributed by atoms with van der Waals surface area (Å²) in [5.41, 5.74) is 3.34. The number of ether oxygens (including phenoxy) is 1. The first kappa shape index (κ1) is 32.2. The van der Waals surface area contributed by atoms with Gasteiger partial charge in [0.2, 0.25) is 0 Å². The van der Waals surface area contributed by atoms with E-state index in [0.29, 0.717) is 17.4 Å². The number of methoxy groups -OCH3 is 1. The molecule has 0 aliphatic carbocycles. The molecule has 2 heterocycles. The van der Waals surface area contributed by atoms with Crippen molar-refractivity contribution in [2.45, 2.75) is 44.4 Å². The molecule has 2 fully saturated rings. The van der Waals surface area contributed by atoms with Gasteiger partial charge in [0.1, 0.15) is 5.75 Å². The van der Waals surface area contributed by atoms with Gasteiger partial charge in [0.05, 0.1) is 7.11 Å². The second-order valence-electron chi connectivity index (χ2n) is 9.84. The van der Waals surface area contributed by atoms with E-state index in [1.165, 1.54) is 28.3 Å². The molecule has 1 unspecified atom stereocenters. The van der Waals surface area contributed by atoms with Crippen molar-refractivity contribution in [2.24, 2.45) is 0 Å². The average Bonchev–Trinajstić information content (AvgIpc) is 3.42. The van der Waals surface area contributed by atoms with Crippen molar-refractivity contribution >= 4 is 53.9 Å². The van der Waals surface area contributed by atoms with Crippen LogP contribution in [-0.2, 0) is 13.1 Å². The number of amides is 1. The number of hydrogen-bond donors (Lipinski definition) is 3. The number of benzene rings is 3. The summed E-state index contributed by atoms with van der Waals surface area (Å²) < 4.78 is 5.24. The predicted octanol–water partition coefficient (Wildman–Crippen LogP) is 4.96. The summed E-state index contributed by atoms with van der Waals surface area (Å²) in [5, 5.41) is 12.9. The van der Waals surface area contributed by atoms with E-state index in [9.17, 15) is 4.79 Å². The van der Waals surface area contributed by atoms with E-state index in [4.69, 9.17) is 4.74 Å². The summed E-state index contributed by atoms with van der Waals surface area (Å²) in [6.45, 7) is 6.02. The van der Waals surface area contributed by atoms with Crippen LogP contribution in [0.3, 0.4) is 0 Å². The fourth-order valence-corrected chi connectivity index (χ4v) is 5.17. The molecule has 5 rings (SSSR count). The minimum absolute atomic E-state index is 0. The smallest absolute Gasteiger partial charge is 0.251 e. The molecule has 2 saturated heterocycles. The van der Waals surface area contributed by atoms with Gasteiger partial charge >= 0.3 is 0 Å². The lowest BCUT2D eigenvalue weighted by molar-refractivity contribution is 0.0908. The second kappa shape index (κ2) is 15.5. The van der Waals surface area contributed by atoms with Crippen molar-refractivity contribution < 1.29 is 9.53 Å². The summed E-state index contributed by atoms with van der Waals surface area (Å²) in [6, 6.07) is 21.8. The summed E-state index contributed by atoms with van der Waals surface area (Å²) in [5.74, 6) is 0.684. The predicted molar refractivity (Wildman–Crippen MR) is 163 cm³/mol. The lowest BCUT2D eigenvalue weighted by Gasteiger charge is -2.32. The van der Waals surface area contributed by atoms with E-state index in [-0.39, 0.29) is 49.2 Å². The minimum Gasteiger partial charge on any atom is -0.497 e. The van der Waals surface area contributed by atoms with Crippen LogP contribution in [0.4, 0.5) is 0 Å². The quantitative estimate of drug-likeness (QED) is 0.351. The maximum absolute atomic E-state index is 12.6. The number of carbonyl (C=O) groups is 1. The summed E-state index contributed by atoms with van der Waals surface area (Å²) in [6.07, 6.45) is 3.14. The van der Waals surface area contributed by atoms with Gasteiger partial charge in [0.15, 0.2) is 0 Å². The van der Waals surface area contributed by atoms with Crippen LogP contribution >= 0.6 is 37.2 Å². The van der Waals surface area contributed by atoms with Crippen molar-refractivity contribution in [1.82, 2.24) is 20.9 Å². The third kappa shape index (κ3) is 8.47. The minimum atomic E-state index is -0.0219. The van der Waals surface area contributed by atoms with Gasteiger partial charge in [-0.3, -0.25) is 9.69 Å². The highest BCUT2D eigenvalue weighted by molar-refractivity contribution is 5.94. The maximum atomic E-state index is 12.6. The molecule has 0 saturated carbocycles. The van der Waals surface area contributed by atoms with Crippen molar-refractivity contribution in [3.63, 3.8) is 0 Å². The molecule has 1 atom stereocenters. The van der Waals surface area contributed by atoms with Gasteiger partial charge in [-0.1, -0.05) is 30.3 Å². The molecular formula is C29H39Cl3N4O2. The molecule has 3 N–H and O–H groups in total. The van der Waals surface area contributed by atoms with Crippen LogP contribution in [0.1, 0.15) is 40.7 Å². The Hall–Kier alpha value is -2.06. The normalized spacial score (nSPS) is 17.7. The summed E-state index contributed by atoms with van der Waals surface area (Å²) >= 11 is 0. The largest absolute Gasteiger partial charge is 0.497 e. The van der Waals surface area contributed by atoms with E-state index in [1.54, 1.807) is 13.2 Å². The van der Waals surface area contributed by atoms with E-state index in [1.807, 2.05) is 18.2 Å². The molecule has 6 nitrogen and oxygen atoms in total. The topological polar surface area (TPSA) is 65.6 Å². The van der Waals surface area contributed by atoms with E-state index >= 15 is 0 Å². The Labute approximate surface area is 244 Å². The number of fused-ring (bicyclic) bond motifs is 1. The van der Waals surface area contributed by atoms with Crippen molar-refractivity contribution in [3.05, 3.63) is 77.4 Å². The van der Waals surface area contributed by atoms with Crippen LogP contribution in [0.5, 0.6) is 5.75 Å². The molecule has 0 bridgehead atoms. The molecule has 9 heteroatoms. The van der Waals surface area contributed by atoms with Crippen molar-refractivity contribution in [1.29, 1.82) is 0 Å². The number of carbonyl (C=O) groups excluding carboxylic acids is 1. The second-order valence-corrected chi connectivity index (χ2v) is 9.84. The fraction of sp³-hybridized carbons (Fsp3) is 0.414. The summed E-state index contributed by atoms with van der Waals surface area (Å²) in [7, 11) is 1.62. The molecule has 3 aromatic carbocycles. The van der Waals surface area contributed by atoms with Crippen LogP contribution in [0.15, 0.2) is 60.7 Å². The Morgan fingerprint density at radius 2 is 1.66 bits per heavy atom. The zero-order valence-corrected chi connectivity index (χ0v) is 24.2. The van der Waals surface area contributed by atoms with E-state index in [2.05, 4.69) is 57.2 Å². The van der Waals surface area contributed by atoms with Gasteiger partial charge in [-0.2, -0.15) is 0 Å². The molecule has 2 aliphatic heterocycles. The lowest BCUT2D eigenvalue weighted by Crippen LogP contribution is -2.44. The molecule has 0 aromatic heterocycles. The highest BCUT2D eigenvalue weighted by Crippen LogP contribution is 2.21. The molecule has 0 spiro atoms. The zero-order chi connectivity index (χ0) is 24.0. The third-order valence-electron chi connectivity index (χ3n) is 7.29. The molecule has 208 valence electrons. The number of halogens is 3.